The van der Waals surface area contributed by atoms with Gasteiger partial charge in [-0.05, 0) is 68.9 Å². The van der Waals surface area contributed by atoms with Gasteiger partial charge in [0.2, 0.25) is 17.7 Å². The van der Waals surface area contributed by atoms with E-state index in [1.54, 1.807) is 17.2 Å². The maximum Gasteiger partial charge on any atom is 0.233 e. The molecule has 2 heterocycles. The van der Waals surface area contributed by atoms with E-state index in [9.17, 15) is 14.4 Å². The minimum atomic E-state index is -0.0771. The summed E-state index contributed by atoms with van der Waals surface area (Å²) in [5, 5.41) is 2.87. The highest BCUT2D eigenvalue weighted by Crippen LogP contribution is 2.56. The molecule has 3 amide bonds. The monoisotopic (exact) mass is 367 g/mol. The molecule has 3 aliphatic carbocycles. The van der Waals surface area contributed by atoms with Crippen LogP contribution in [0.25, 0.3) is 0 Å². The lowest BCUT2D eigenvalue weighted by atomic mass is 9.81. The fourth-order valence-corrected chi connectivity index (χ4v) is 6.05. The molecule has 3 saturated carbocycles. The second-order valence-electron chi connectivity index (χ2n) is 8.64. The highest BCUT2D eigenvalue weighted by atomic mass is 16.2. The molecule has 1 N–H and O–H groups in total. The lowest BCUT2D eigenvalue weighted by Crippen LogP contribution is -2.44. The molecule has 4 fully saturated rings. The van der Waals surface area contributed by atoms with Crippen LogP contribution in [0.1, 0.15) is 44.9 Å². The van der Waals surface area contributed by atoms with Crippen molar-refractivity contribution in [1.29, 1.82) is 0 Å². The first-order chi connectivity index (χ1) is 13.1. The highest BCUT2D eigenvalue weighted by Gasteiger charge is 2.61. The zero-order valence-electron chi connectivity index (χ0n) is 15.3. The summed E-state index contributed by atoms with van der Waals surface area (Å²) in [5.41, 5.74) is 0. The van der Waals surface area contributed by atoms with Gasteiger partial charge in [0, 0.05) is 18.2 Å². The first kappa shape index (κ1) is 16.9. The van der Waals surface area contributed by atoms with Crippen molar-refractivity contribution in [2.75, 3.05) is 5.32 Å². The molecule has 0 radical (unpaired) electrons. The Kier molecular flexibility index (Phi) is 4.02. The molecule has 0 spiro atoms. The number of amides is 3. The molecule has 142 valence electrons. The molecule has 0 unspecified atom stereocenters. The van der Waals surface area contributed by atoms with Crippen LogP contribution in [0.4, 0.5) is 5.82 Å². The summed E-state index contributed by atoms with van der Waals surface area (Å²) in [7, 11) is 0. The average molecular weight is 367 g/mol. The van der Waals surface area contributed by atoms with Crippen LogP contribution in [0.2, 0.25) is 0 Å². The van der Waals surface area contributed by atoms with E-state index in [0.29, 0.717) is 30.5 Å². The first-order valence-electron chi connectivity index (χ1n) is 10.2. The smallest absolute Gasteiger partial charge is 0.233 e. The van der Waals surface area contributed by atoms with Crippen LogP contribution in [0.15, 0.2) is 24.4 Å². The number of likely N-dealkylation sites (tertiary alicyclic amines) is 1. The number of aromatic nitrogens is 1. The van der Waals surface area contributed by atoms with Crippen LogP contribution >= 0.6 is 0 Å². The Morgan fingerprint density at radius 1 is 0.963 bits per heavy atom. The van der Waals surface area contributed by atoms with E-state index < -0.39 is 0 Å². The summed E-state index contributed by atoms with van der Waals surface area (Å²) >= 11 is 0. The molecule has 1 aromatic rings. The number of anilines is 1. The summed E-state index contributed by atoms with van der Waals surface area (Å²) in [6.07, 6.45) is 7.82. The number of fused-ring (bicyclic) bond motifs is 5. The van der Waals surface area contributed by atoms with Crippen molar-refractivity contribution < 1.29 is 14.4 Å². The molecule has 1 aromatic heterocycles. The van der Waals surface area contributed by atoms with E-state index in [1.165, 1.54) is 0 Å². The number of rotatable bonds is 3. The van der Waals surface area contributed by atoms with Gasteiger partial charge in [0.05, 0.1) is 11.8 Å². The van der Waals surface area contributed by atoms with E-state index in [1.807, 2.05) is 12.1 Å². The van der Waals surface area contributed by atoms with Crippen molar-refractivity contribution in [1.82, 2.24) is 9.88 Å². The summed E-state index contributed by atoms with van der Waals surface area (Å²) in [4.78, 5) is 44.1. The minimum Gasteiger partial charge on any atom is -0.310 e. The fourth-order valence-electron chi connectivity index (χ4n) is 6.05. The zero-order chi connectivity index (χ0) is 18.5. The van der Waals surface area contributed by atoms with Crippen molar-refractivity contribution in [3.63, 3.8) is 0 Å². The molecule has 6 heteroatoms. The van der Waals surface area contributed by atoms with Gasteiger partial charge in [0.15, 0.2) is 0 Å². The molecule has 4 aliphatic rings. The van der Waals surface area contributed by atoms with Crippen molar-refractivity contribution >= 4 is 23.5 Å². The Morgan fingerprint density at radius 3 is 2.22 bits per heavy atom. The molecular formula is C21H25N3O3. The molecular weight excluding hydrogens is 342 g/mol. The number of nitrogens with one attached hydrogen (secondary N) is 1. The number of carbonyl (C=O) groups excluding carboxylic acids is 3. The second kappa shape index (κ2) is 6.43. The van der Waals surface area contributed by atoms with Gasteiger partial charge in [-0.3, -0.25) is 19.3 Å². The Bertz CT molecular complexity index is 744. The van der Waals surface area contributed by atoms with Crippen molar-refractivity contribution in [3.8, 4) is 0 Å². The van der Waals surface area contributed by atoms with Crippen molar-refractivity contribution in [3.05, 3.63) is 24.4 Å². The number of hydrogen-bond donors (Lipinski definition) is 1. The lowest BCUT2D eigenvalue weighted by molar-refractivity contribution is -0.144. The second-order valence-corrected chi connectivity index (χ2v) is 8.64. The number of nitrogens with zero attached hydrogens (tertiary/aromatic N) is 2. The third-order valence-corrected chi connectivity index (χ3v) is 7.31. The molecule has 1 saturated heterocycles. The summed E-state index contributed by atoms with van der Waals surface area (Å²) < 4.78 is 0. The normalized spacial score (nSPS) is 37.6. The van der Waals surface area contributed by atoms with Gasteiger partial charge in [-0.15, -0.1) is 0 Å². The van der Waals surface area contributed by atoms with Crippen LogP contribution < -0.4 is 5.32 Å². The molecule has 4 atom stereocenters. The van der Waals surface area contributed by atoms with Crippen LogP contribution in [0, 0.1) is 29.6 Å². The van der Waals surface area contributed by atoms with Crippen LogP contribution in [0.5, 0.6) is 0 Å². The molecule has 5 rings (SSSR count). The number of carbonyl (C=O) groups is 3. The summed E-state index contributed by atoms with van der Waals surface area (Å²) in [5.74, 6) is 1.43. The lowest BCUT2D eigenvalue weighted by Gasteiger charge is -2.33. The van der Waals surface area contributed by atoms with Gasteiger partial charge in [0.1, 0.15) is 5.82 Å². The van der Waals surface area contributed by atoms with Gasteiger partial charge in [-0.1, -0.05) is 6.07 Å². The van der Waals surface area contributed by atoms with Crippen molar-refractivity contribution in [2.45, 2.75) is 51.0 Å². The van der Waals surface area contributed by atoms with E-state index >= 15 is 0 Å². The molecule has 27 heavy (non-hydrogen) atoms. The van der Waals surface area contributed by atoms with Gasteiger partial charge >= 0.3 is 0 Å². The number of pyridine rings is 1. The quantitative estimate of drug-likeness (QED) is 0.833. The third-order valence-electron chi connectivity index (χ3n) is 7.31. The van der Waals surface area contributed by atoms with Crippen LogP contribution in [-0.2, 0) is 14.4 Å². The Morgan fingerprint density at radius 2 is 1.63 bits per heavy atom. The largest absolute Gasteiger partial charge is 0.310 e. The Balaban J connectivity index is 1.22. The third kappa shape index (κ3) is 2.68. The SMILES string of the molecule is O=C(Nc1ccccn1)C1CCC(N2C(=O)[C@@H]3[C@@H]4CC[C@@H](C4)[C@@H]3C2=O)CC1. The van der Waals surface area contributed by atoms with E-state index in [0.717, 1.165) is 32.1 Å². The van der Waals surface area contributed by atoms with Crippen LogP contribution in [-0.4, -0.2) is 33.6 Å². The van der Waals surface area contributed by atoms with Gasteiger partial charge in [-0.25, -0.2) is 4.98 Å². The maximum atomic E-state index is 13.0. The standard InChI is InChI=1S/C21H25N3O3/c25-19(23-16-3-1-2-10-22-16)12-6-8-15(9-7-12)24-20(26)17-13-4-5-14(11-13)18(17)21(24)27/h1-3,10,12-15,17-18H,4-9,11H2,(H,22,23,25)/t12?,13-,14+,15?,17-,18+. The van der Waals surface area contributed by atoms with Crippen LogP contribution in [0.3, 0.4) is 0 Å². The van der Waals surface area contributed by atoms with Gasteiger partial charge in [0.25, 0.3) is 0 Å². The summed E-state index contributed by atoms with van der Waals surface area (Å²) in [6, 6.07) is 5.41. The summed E-state index contributed by atoms with van der Waals surface area (Å²) in [6.45, 7) is 0. The highest BCUT2D eigenvalue weighted by molar-refractivity contribution is 6.06. The Labute approximate surface area is 158 Å². The van der Waals surface area contributed by atoms with E-state index in [-0.39, 0.29) is 41.5 Å². The predicted molar refractivity (Wildman–Crippen MR) is 98.3 cm³/mol. The predicted octanol–water partition coefficient (Wildman–Crippen LogP) is 2.61. The van der Waals surface area contributed by atoms with E-state index in [2.05, 4.69) is 10.3 Å². The van der Waals surface area contributed by atoms with Gasteiger partial charge in [-0.2, -0.15) is 0 Å². The van der Waals surface area contributed by atoms with E-state index in [4.69, 9.17) is 0 Å². The number of imide groups is 1. The maximum absolute atomic E-state index is 13.0. The van der Waals surface area contributed by atoms with Crippen molar-refractivity contribution in [2.24, 2.45) is 29.6 Å². The molecule has 0 aromatic carbocycles. The topological polar surface area (TPSA) is 79.4 Å². The average Bonchev–Trinajstić information content (AvgIpc) is 3.37. The zero-order valence-corrected chi connectivity index (χ0v) is 15.3. The first-order valence-corrected chi connectivity index (χ1v) is 10.2. The van der Waals surface area contributed by atoms with Gasteiger partial charge < -0.3 is 5.32 Å². The molecule has 2 bridgehead atoms. The molecule has 1 aliphatic heterocycles. The number of hydrogen-bond acceptors (Lipinski definition) is 4. The Hall–Kier alpha value is -2.24. The molecule has 6 nitrogen and oxygen atoms in total. The fraction of sp³-hybridized carbons (Fsp3) is 0.619. The minimum absolute atomic E-state index is 0.0128.